The molecule has 0 aromatic heterocycles. The normalized spacial score (nSPS) is 14.6. The van der Waals surface area contributed by atoms with Gasteiger partial charge in [0.1, 0.15) is 5.75 Å². The van der Waals surface area contributed by atoms with E-state index in [0.717, 1.165) is 32.1 Å². The summed E-state index contributed by atoms with van der Waals surface area (Å²) in [6.07, 6.45) is 14.3. The van der Waals surface area contributed by atoms with Crippen LogP contribution in [0.1, 0.15) is 97.0 Å². The molecule has 1 N–H and O–H groups in total. The molecule has 0 saturated heterocycles. The third kappa shape index (κ3) is 11.9. The minimum absolute atomic E-state index is 0.265. The molecule has 0 bridgehead atoms. The van der Waals surface area contributed by atoms with Gasteiger partial charge in [-0.25, -0.2) is 4.57 Å². The van der Waals surface area contributed by atoms with Crippen molar-refractivity contribution in [3.63, 3.8) is 0 Å². The average Bonchev–Trinajstić information content (AvgIpc) is 2.68. The number of hydrogen-bond acceptors (Lipinski definition) is 3. The van der Waals surface area contributed by atoms with Gasteiger partial charge in [0, 0.05) is 0 Å². The van der Waals surface area contributed by atoms with E-state index in [0.29, 0.717) is 11.7 Å². The van der Waals surface area contributed by atoms with E-state index in [-0.39, 0.29) is 6.61 Å². The highest BCUT2D eigenvalue weighted by Crippen LogP contribution is 2.44. The second-order valence-electron chi connectivity index (χ2n) is 7.79. The molecule has 0 aliphatic rings. The third-order valence-electron chi connectivity index (χ3n) is 5.23. The van der Waals surface area contributed by atoms with Crippen molar-refractivity contribution in [2.24, 2.45) is 5.92 Å². The van der Waals surface area contributed by atoms with E-state index in [9.17, 15) is 9.46 Å². The topological polar surface area (TPSA) is 55.8 Å². The van der Waals surface area contributed by atoms with Gasteiger partial charge in [-0.05, 0) is 42.9 Å². The molecule has 0 aliphatic heterocycles. The second-order valence-corrected chi connectivity index (χ2v) is 9.17. The van der Waals surface area contributed by atoms with Crippen LogP contribution in [0.2, 0.25) is 0 Å². The van der Waals surface area contributed by atoms with E-state index in [4.69, 9.17) is 9.05 Å². The number of hydrogen-bond donors (Lipinski definition) is 1. The Hall–Kier alpha value is -0.830. The number of phosphoric ester groups is 1. The lowest BCUT2D eigenvalue weighted by Crippen LogP contribution is -2.09. The Labute approximate surface area is 172 Å². The van der Waals surface area contributed by atoms with Crippen molar-refractivity contribution in [1.82, 2.24) is 0 Å². The monoisotopic (exact) mass is 412 g/mol. The maximum Gasteiger partial charge on any atom is 0.527 e. The number of phosphoric acid groups is 1. The molecule has 1 aromatic rings. The van der Waals surface area contributed by atoms with Gasteiger partial charge in [0.2, 0.25) is 0 Å². The number of unbranched alkanes of at least 4 members (excludes halogenated alkanes) is 7. The Morgan fingerprint density at radius 3 is 2.11 bits per heavy atom. The van der Waals surface area contributed by atoms with Crippen molar-refractivity contribution in [3.8, 4) is 5.75 Å². The molecule has 0 amide bonds. The first-order valence-electron chi connectivity index (χ1n) is 11.3. The fourth-order valence-electron chi connectivity index (χ4n) is 3.26. The first-order chi connectivity index (χ1) is 13.5. The van der Waals surface area contributed by atoms with Crippen molar-refractivity contribution in [2.75, 3.05) is 6.61 Å². The molecule has 2 atom stereocenters. The van der Waals surface area contributed by atoms with E-state index in [1.807, 2.05) is 12.1 Å². The quantitative estimate of drug-likeness (QED) is 0.210. The molecule has 0 saturated carbocycles. The number of rotatable bonds is 17. The molecule has 1 rings (SSSR count). The SMILES string of the molecule is CCCCCCCCCc1ccc(OP(=O)(O)OCC(CC)CCCC)cc1. The Morgan fingerprint density at radius 2 is 1.50 bits per heavy atom. The molecule has 0 aliphatic carbocycles. The molecular formula is C23H41O4P. The van der Waals surface area contributed by atoms with Crippen molar-refractivity contribution in [1.29, 1.82) is 0 Å². The van der Waals surface area contributed by atoms with Crippen LogP contribution in [0.5, 0.6) is 5.75 Å². The smallest absolute Gasteiger partial charge is 0.404 e. The molecule has 0 radical (unpaired) electrons. The van der Waals surface area contributed by atoms with Crippen LogP contribution in [-0.4, -0.2) is 11.5 Å². The minimum Gasteiger partial charge on any atom is -0.404 e. The summed E-state index contributed by atoms with van der Waals surface area (Å²) in [5.41, 5.74) is 1.24. The summed E-state index contributed by atoms with van der Waals surface area (Å²) in [4.78, 5) is 9.98. The van der Waals surface area contributed by atoms with Gasteiger partial charge in [-0.2, -0.15) is 0 Å². The number of benzene rings is 1. The van der Waals surface area contributed by atoms with Crippen molar-refractivity contribution in [3.05, 3.63) is 29.8 Å². The largest absolute Gasteiger partial charge is 0.527 e. The minimum atomic E-state index is -4.07. The van der Waals surface area contributed by atoms with Crippen molar-refractivity contribution in [2.45, 2.75) is 97.8 Å². The van der Waals surface area contributed by atoms with E-state index in [2.05, 4.69) is 20.8 Å². The zero-order chi connectivity index (χ0) is 20.7. The standard InChI is InChI=1S/C23H41O4P/c1-4-7-9-10-11-12-13-15-22-16-18-23(19-17-22)27-28(24,25)26-20-21(6-3)14-8-5-2/h16-19,21H,4-15,20H2,1-3H3,(H,24,25). The van der Waals surface area contributed by atoms with Gasteiger partial charge in [-0.1, -0.05) is 90.7 Å². The Bertz CT molecular complexity index is 544. The van der Waals surface area contributed by atoms with E-state index < -0.39 is 7.82 Å². The lowest BCUT2D eigenvalue weighted by molar-refractivity contribution is 0.166. The van der Waals surface area contributed by atoms with Gasteiger partial charge < -0.3 is 4.52 Å². The fourth-order valence-corrected chi connectivity index (χ4v) is 4.10. The van der Waals surface area contributed by atoms with Crippen LogP contribution < -0.4 is 4.52 Å². The van der Waals surface area contributed by atoms with Gasteiger partial charge in [0.15, 0.2) is 0 Å². The van der Waals surface area contributed by atoms with Crippen LogP contribution in [-0.2, 0) is 15.5 Å². The van der Waals surface area contributed by atoms with E-state index in [1.54, 1.807) is 12.1 Å². The second kappa shape index (κ2) is 15.1. The summed E-state index contributed by atoms with van der Waals surface area (Å²) in [6.45, 7) is 6.73. The molecule has 1 aromatic carbocycles. The maximum absolute atomic E-state index is 12.2. The molecule has 162 valence electrons. The molecule has 2 unspecified atom stereocenters. The van der Waals surface area contributed by atoms with Gasteiger partial charge in [0.05, 0.1) is 6.61 Å². The highest BCUT2D eigenvalue weighted by atomic mass is 31.2. The fraction of sp³-hybridized carbons (Fsp3) is 0.739. The maximum atomic E-state index is 12.2. The van der Waals surface area contributed by atoms with Crippen molar-refractivity contribution < 1.29 is 18.5 Å². The van der Waals surface area contributed by atoms with Crippen LogP contribution in [0.4, 0.5) is 0 Å². The molecule has 0 heterocycles. The molecule has 5 heteroatoms. The predicted molar refractivity (Wildman–Crippen MR) is 118 cm³/mol. The summed E-state index contributed by atoms with van der Waals surface area (Å²) < 4.78 is 22.6. The molecule has 28 heavy (non-hydrogen) atoms. The predicted octanol–water partition coefficient (Wildman–Crippen LogP) is 7.69. The Kier molecular flexibility index (Phi) is 13.6. The van der Waals surface area contributed by atoms with Crippen LogP contribution >= 0.6 is 7.82 Å². The van der Waals surface area contributed by atoms with Gasteiger partial charge in [0.25, 0.3) is 0 Å². The van der Waals surface area contributed by atoms with Crippen LogP contribution in [0.3, 0.4) is 0 Å². The first kappa shape index (κ1) is 25.2. The van der Waals surface area contributed by atoms with E-state index in [1.165, 1.54) is 50.5 Å². The lowest BCUT2D eigenvalue weighted by atomic mass is 10.0. The van der Waals surface area contributed by atoms with Gasteiger partial charge >= 0.3 is 7.82 Å². The molecular weight excluding hydrogens is 371 g/mol. The van der Waals surface area contributed by atoms with Gasteiger partial charge in [-0.15, -0.1) is 0 Å². The van der Waals surface area contributed by atoms with Crippen LogP contribution in [0, 0.1) is 5.92 Å². The Morgan fingerprint density at radius 1 is 0.893 bits per heavy atom. The lowest BCUT2D eigenvalue weighted by Gasteiger charge is -2.18. The highest BCUT2D eigenvalue weighted by molar-refractivity contribution is 7.47. The molecule has 0 fully saturated rings. The molecule has 4 nitrogen and oxygen atoms in total. The first-order valence-corrected chi connectivity index (χ1v) is 12.8. The summed E-state index contributed by atoms with van der Waals surface area (Å²) in [5.74, 6) is 0.684. The zero-order valence-electron chi connectivity index (χ0n) is 18.2. The van der Waals surface area contributed by atoms with E-state index >= 15 is 0 Å². The molecule has 0 spiro atoms. The zero-order valence-corrected chi connectivity index (χ0v) is 19.1. The summed E-state index contributed by atoms with van der Waals surface area (Å²) in [5, 5.41) is 0. The van der Waals surface area contributed by atoms with Gasteiger partial charge in [-0.3, -0.25) is 9.42 Å². The summed E-state index contributed by atoms with van der Waals surface area (Å²) >= 11 is 0. The number of aryl methyl sites for hydroxylation is 1. The van der Waals surface area contributed by atoms with Crippen LogP contribution in [0.15, 0.2) is 24.3 Å². The van der Waals surface area contributed by atoms with Crippen LogP contribution in [0.25, 0.3) is 0 Å². The average molecular weight is 413 g/mol. The van der Waals surface area contributed by atoms with Crippen molar-refractivity contribution >= 4 is 7.82 Å². The Balaban J connectivity index is 2.32. The highest BCUT2D eigenvalue weighted by Gasteiger charge is 2.24. The third-order valence-corrected chi connectivity index (χ3v) is 6.15. The summed E-state index contributed by atoms with van der Waals surface area (Å²) in [6, 6.07) is 7.47. The summed E-state index contributed by atoms with van der Waals surface area (Å²) in [7, 11) is -4.07.